The van der Waals surface area contributed by atoms with Gasteiger partial charge in [0, 0.05) is 5.56 Å². The van der Waals surface area contributed by atoms with Gasteiger partial charge in [-0.15, -0.1) is 10.2 Å². The number of aromatic nitrogens is 2. The second-order valence-electron chi connectivity index (χ2n) is 6.17. The van der Waals surface area contributed by atoms with Gasteiger partial charge in [0.2, 0.25) is 11.8 Å². The Hall–Kier alpha value is -2.19. The van der Waals surface area contributed by atoms with Crippen LogP contribution >= 0.6 is 0 Å². The second kappa shape index (κ2) is 7.38. The number of nitrogens with zero attached hydrogens (tertiary/aromatic N) is 4. The molecule has 120 valence electrons. The number of rotatable bonds is 4. The topological polar surface area (TPSA) is 66.0 Å². The number of hydrogen-bond acceptors (Lipinski definition) is 5. The molecule has 1 aromatic carbocycles. The third kappa shape index (κ3) is 3.96. The Labute approximate surface area is 136 Å². The lowest BCUT2D eigenvalue weighted by Crippen LogP contribution is -2.24. The van der Waals surface area contributed by atoms with Crippen molar-refractivity contribution in [1.82, 2.24) is 15.1 Å². The van der Waals surface area contributed by atoms with Crippen LogP contribution in [0.25, 0.3) is 11.5 Å². The molecule has 5 heteroatoms. The van der Waals surface area contributed by atoms with Crippen LogP contribution in [0.1, 0.15) is 44.1 Å². The van der Waals surface area contributed by atoms with Crippen molar-refractivity contribution in [2.45, 2.75) is 39.2 Å². The van der Waals surface area contributed by atoms with Crippen molar-refractivity contribution >= 4 is 0 Å². The molecule has 0 bridgehead atoms. The maximum absolute atomic E-state index is 8.98. The monoisotopic (exact) mass is 310 g/mol. The summed E-state index contributed by atoms with van der Waals surface area (Å²) in [7, 11) is 0. The van der Waals surface area contributed by atoms with Crippen LogP contribution in [0.4, 0.5) is 0 Å². The molecule has 1 aliphatic heterocycles. The first kappa shape index (κ1) is 15.7. The first-order valence-corrected chi connectivity index (χ1v) is 8.33. The minimum atomic E-state index is 0.485. The molecule has 3 rings (SSSR count). The zero-order valence-electron chi connectivity index (χ0n) is 13.5. The minimum absolute atomic E-state index is 0.485. The van der Waals surface area contributed by atoms with Crippen molar-refractivity contribution < 1.29 is 4.42 Å². The molecule has 1 saturated heterocycles. The molecule has 0 radical (unpaired) electrons. The first-order chi connectivity index (χ1) is 11.3. The quantitative estimate of drug-likeness (QED) is 0.863. The Morgan fingerprint density at radius 2 is 2.22 bits per heavy atom. The summed E-state index contributed by atoms with van der Waals surface area (Å²) in [6.45, 7) is 5.18. The van der Waals surface area contributed by atoms with E-state index in [1.54, 1.807) is 12.1 Å². The molecule has 0 amide bonds. The Kier molecular flexibility index (Phi) is 5.04. The lowest BCUT2D eigenvalue weighted by Gasteiger charge is -2.17. The van der Waals surface area contributed by atoms with E-state index in [0.717, 1.165) is 24.6 Å². The van der Waals surface area contributed by atoms with E-state index in [1.807, 2.05) is 12.1 Å². The lowest BCUT2D eigenvalue weighted by molar-refractivity contribution is 0.245. The molecule has 0 saturated carbocycles. The van der Waals surface area contributed by atoms with Crippen molar-refractivity contribution in [2.24, 2.45) is 5.92 Å². The molecule has 0 aliphatic carbocycles. The molecule has 1 aromatic heterocycles. The fraction of sp³-hybridized carbons (Fsp3) is 0.500. The fourth-order valence-electron chi connectivity index (χ4n) is 3.14. The van der Waals surface area contributed by atoms with Crippen LogP contribution in [0, 0.1) is 17.2 Å². The highest BCUT2D eigenvalue weighted by atomic mass is 16.4. The van der Waals surface area contributed by atoms with E-state index >= 15 is 0 Å². The molecular formula is C18H22N4O. The molecule has 0 unspecified atom stereocenters. The molecule has 1 atom stereocenters. The molecule has 5 nitrogen and oxygen atoms in total. The van der Waals surface area contributed by atoms with Crippen molar-refractivity contribution in [1.29, 1.82) is 5.26 Å². The van der Waals surface area contributed by atoms with Gasteiger partial charge in [-0.1, -0.05) is 19.4 Å². The second-order valence-corrected chi connectivity index (χ2v) is 6.17. The first-order valence-electron chi connectivity index (χ1n) is 8.33. The van der Waals surface area contributed by atoms with Crippen LogP contribution in [-0.4, -0.2) is 28.2 Å². The van der Waals surface area contributed by atoms with E-state index in [-0.39, 0.29) is 0 Å². The highest BCUT2D eigenvalue weighted by Crippen LogP contribution is 2.23. The van der Waals surface area contributed by atoms with Crippen LogP contribution in [0.15, 0.2) is 28.7 Å². The number of hydrogen-bond donors (Lipinski definition) is 0. The van der Waals surface area contributed by atoms with Crippen LogP contribution < -0.4 is 0 Å². The van der Waals surface area contributed by atoms with E-state index < -0.39 is 0 Å². The molecule has 2 aromatic rings. The SMILES string of the molecule is CC[C@H]1CCCN(Cc2nnc(-c3cccc(C#N)c3)o2)CC1. The van der Waals surface area contributed by atoms with Crippen molar-refractivity contribution in [3.63, 3.8) is 0 Å². The molecule has 1 aliphatic rings. The molecule has 0 N–H and O–H groups in total. The standard InChI is InChI=1S/C18H22N4O/c1-2-14-6-4-9-22(10-8-14)13-17-20-21-18(23-17)16-7-3-5-15(11-16)12-19/h3,5,7,11,14H,2,4,6,8-10,13H2,1H3/t14-/m0/s1. The zero-order valence-corrected chi connectivity index (χ0v) is 13.5. The number of likely N-dealkylation sites (tertiary alicyclic amines) is 1. The Morgan fingerprint density at radius 3 is 3.04 bits per heavy atom. The summed E-state index contributed by atoms with van der Waals surface area (Å²) in [5.74, 6) is 1.99. The molecule has 1 fully saturated rings. The van der Waals surface area contributed by atoms with Gasteiger partial charge in [0.25, 0.3) is 0 Å². The smallest absolute Gasteiger partial charge is 0.247 e. The minimum Gasteiger partial charge on any atom is -0.419 e. The maximum Gasteiger partial charge on any atom is 0.247 e. The van der Waals surface area contributed by atoms with E-state index in [4.69, 9.17) is 9.68 Å². The molecular weight excluding hydrogens is 288 g/mol. The molecule has 0 spiro atoms. The van der Waals surface area contributed by atoms with E-state index in [2.05, 4.69) is 28.1 Å². The van der Waals surface area contributed by atoms with Crippen LogP contribution in [-0.2, 0) is 6.54 Å². The van der Waals surface area contributed by atoms with Crippen molar-refractivity contribution in [2.75, 3.05) is 13.1 Å². The zero-order chi connectivity index (χ0) is 16.1. The Morgan fingerprint density at radius 1 is 1.30 bits per heavy atom. The average Bonchev–Trinajstić information content (AvgIpc) is 2.94. The van der Waals surface area contributed by atoms with E-state index in [1.165, 1.54) is 25.7 Å². The van der Waals surface area contributed by atoms with E-state index in [0.29, 0.717) is 23.9 Å². The average molecular weight is 310 g/mol. The summed E-state index contributed by atoms with van der Waals surface area (Å²) < 4.78 is 5.79. The normalized spacial score (nSPS) is 19.2. The van der Waals surface area contributed by atoms with Crippen molar-refractivity contribution in [3.05, 3.63) is 35.7 Å². The van der Waals surface area contributed by atoms with Crippen molar-refractivity contribution in [3.8, 4) is 17.5 Å². The third-order valence-corrected chi connectivity index (χ3v) is 4.58. The van der Waals surface area contributed by atoms with Crippen LogP contribution in [0.2, 0.25) is 0 Å². The number of benzene rings is 1. The van der Waals surface area contributed by atoms with Crippen LogP contribution in [0.3, 0.4) is 0 Å². The third-order valence-electron chi connectivity index (χ3n) is 4.58. The molecule has 2 heterocycles. The summed E-state index contributed by atoms with van der Waals surface area (Å²) in [5, 5.41) is 17.3. The highest BCUT2D eigenvalue weighted by molar-refractivity contribution is 5.55. The Balaban J connectivity index is 1.66. The van der Waals surface area contributed by atoms with Gasteiger partial charge in [-0.25, -0.2) is 0 Å². The lowest BCUT2D eigenvalue weighted by atomic mass is 9.98. The molecule has 23 heavy (non-hydrogen) atoms. The summed E-state index contributed by atoms with van der Waals surface area (Å²) in [5.41, 5.74) is 1.39. The maximum atomic E-state index is 8.98. The van der Waals surface area contributed by atoms with Gasteiger partial charge in [-0.3, -0.25) is 4.90 Å². The van der Waals surface area contributed by atoms with Gasteiger partial charge < -0.3 is 4.42 Å². The van der Waals surface area contributed by atoms with Gasteiger partial charge in [0.05, 0.1) is 18.2 Å². The summed E-state index contributed by atoms with van der Waals surface area (Å²) in [6.07, 6.45) is 5.09. The largest absolute Gasteiger partial charge is 0.419 e. The number of nitriles is 1. The van der Waals surface area contributed by atoms with E-state index in [9.17, 15) is 0 Å². The summed E-state index contributed by atoms with van der Waals surface area (Å²) in [4.78, 5) is 2.40. The summed E-state index contributed by atoms with van der Waals surface area (Å²) in [6, 6.07) is 9.38. The predicted octanol–water partition coefficient (Wildman–Crippen LogP) is 3.62. The highest BCUT2D eigenvalue weighted by Gasteiger charge is 2.18. The van der Waals surface area contributed by atoms with Crippen LogP contribution in [0.5, 0.6) is 0 Å². The Bertz CT molecular complexity index is 688. The fourth-order valence-corrected chi connectivity index (χ4v) is 3.14. The summed E-state index contributed by atoms with van der Waals surface area (Å²) >= 11 is 0. The van der Waals surface area contributed by atoms with Gasteiger partial charge in [-0.05, 0) is 56.5 Å². The van der Waals surface area contributed by atoms with Gasteiger partial charge in [-0.2, -0.15) is 5.26 Å². The van der Waals surface area contributed by atoms with Gasteiger partial charge in [0.1, 0.15) is 0 Å². The van der Waals surface area contributed by atoms with Gasteiger partial charge >= 0.3 is 0 Å². The predicted molar refractivity (Wildman–Crippen MR) is 87.4 cm³/mol. The van der Waals surface area contributed by atoms with Gasteiger partial charge in [0.15, 0.2) is 0 Å².